The van der Waals surface area contributed by atoms with Gasteiger partial charge in [0, 0.05) is 38.5 Å². The van der Waals surface area contributed by atoms with Gasteiger partial charge in [0.2, 0.25) is 5.95 Å². The Hall–Kier alpha value is -2.78. The highest BCUT2D eigenvalue weighted by Crippen LogP contribution is 2.25. The fraction of sp³-hybridized carbons (Fsp3) is 0.545. The SMILES string of the molecule is COC1CCN(c2nccc(Nc3cc4c(cn3)nc(CN(C)C)n4C(C)C)n2)CC1. The van der Waals surface area contributed by atoms with E-state index in [9.17, 15) is 0 Å². The van der Waals surface area contributed by atoms with Crippen LogP contribution in [0.15, 0.2) is 24.5 Å². The van der Waals surface area contributed by atoms with Crippen LogP contribution in [0.4, 0.5) is 17.6 Å². The molecule has 4 rings (SSSR count). The Morgan fingerprint density at radius 3 is 2.61 bits per heavy atom. The Morgan fingerprint density at radius 1 is 1.16 bits per heavy atom. The molecule has 0 unspecified atom stereocenters. The number of ether oxygens (including phenoxy) is 1. The van der Waals surface area contributed by atoms with Gasteiger partial charge in [-0.1, -0.05) is 0 Å². The lowest BCUT2D eigenvalue weighted by Gasteiger charge is -2.31. The van der Waals surface area contributed by atoms with Crippen LogP contribution in [-0.2, 0) is 11.3 Å². The number of nitrogens with one attached hydrogen (secondary N) is 1. The van der Waals surface area contributed by atoms with E-state index in [2.05, 4.69) is 57.6 Å². The van der Waals surface area contributed by atoms with Gasteiger partial charge >= 0.3 is 0 Å². The van der Waals surface area contributed by atoms with E-state index in [1.165, 1.54) is 0 Å². The number of aromatic nitrogens is 5. The number of fused-ring (bicyclic) bond motifs is 1. The number of hydrogen-bond acceptors (Lipinski definition) is 8. The number of rotatable bonds is 7. The van der Waals surface area contributed by atoms with E-state index >= 15 is 0 Å². The zero-order valence-corrected chi connectivity index (χ0v) is 19.0. The molecule has 0 amide bonds. The third kappa shape index (κ3) is 4.77. The lowest BCUT2D eigenvalue weighted by atomic mass is 10.1. The van der Waals surface area contributed by atoms with Crippen molar-refractivity contribution in [2.24, 2.45) is 0 Å². The normalized spacial score (nSPS) is 15.4. The summed E-state index contributed by atoms with van der Waals surface area (Å²) in [5.74, 6) is 3.25. The predicted octanol–water partition coefficient (Wildman–Crippen LogP) is 3.22. The summed E-state index contributed by atoms with van der Waals surface area (Å²) in [5.41, 5.74) is 1.97. The van der Waals surface area contributed by atoms with Crippen LogP contribution in [0.2, 0.25) is 0 Å². The molecule has 166 valence electrons. The van der Waals surface area contributed by atoms with Crippen LogP contribution < -0.4 is 10.2 Å². The average molecular weight is 425 g/mol. The molecular formula is C22H32N8O. The molecule has 0 aliphatic carbocycles. The van der Waals surface area contributed by atoms with E-state index in [-0.39, 0.29) is 0 Å². The van der Waals surface area contributed by atoms with Gasteiger partial charge in [-0.25, -0.2) is 15.0 Å². The Kier molecular flexibility index (Phi) is 6.33. The van der Waals surface area contributed by atoms with Crippen LogP contribution in [0.5, 0.6) is 0 Å². The maximum atomic E-state index is 5.46. The number of anilines is 3. The first-order valence-corrected chi connectivity index (χ1v) is 10.8. The third-order valence-corrected chi connectivity index (χ3v) is 5.58. The summed E-state index contributed by atoms with van der Waals surface area (Å²) in [6, 6.07) is 4.22. The summed E-state index contributed by atoms with van der Waals surface area (Å²) < 4.78 is 7.74. The van der Waals surface area contributed by atoms with Gasteiger partial charge in [0.25, 0.3) is 0 Å². The molecule has 1 N–H and O–H groups in total. The van der Waals surface area contributed by atoms with Crippen molar-refractivity contribution in [2.75, 3.05) is 44.5 Å². The zero-order chi connectivity index (χ0) is 22.0. The predicted molar refractivity (Wildman–Crippen MR) is 123 cm³/mol. The second-order valence-electron chi connectivity index (χ2n) is 8.58. The molecule has 0 spiro atoms. The number of hydrogen-bond donors (Lipinski definition) is 1. The van der Waals surface area contributed by atoms with Crippen LogP contribution in [0.25, 0.3) is 11.0 Å². The first-order chi connectivity index (χ1) is 14.9. The topological polar surface area (TPSA) is 84.2 Å². The minimum Gasteiger partial charge on any atom is -0.381 e. The van der Waals surface area contributed by atoms with Gasteiger partial charge in [-0.05, 0) is 46.9 Å². The molecule has 31 heavy (non-hydrogen) atoms. The van der Waals surface area contributed by atoms with Gasteiger partial charge in [0.1, 0.15) is 23.0 Å². The number of pyridine rings is 1. The fourth-order valence-corrected chi connectivity index (χ4v) is 4.08. The van der Waals surface area contributed by atoms with Gasteiger partial charge in [0.05, 0.1) is 24.4 Å². The number of piperidine rings is 1. The van der Waals surface area contributed by atoms with Gasteiger partial charge in [-0.15, -0.1) is 0 Å². The largest absolute Gasteiger partial charge is 0.381 e. The summed E-state index contributed by atoms with van der Waals surface area (Å²) >= 11 is 0. The van der Waals surface area contributed by atoms with Gasteiger partial charge < -0.3 is 24.4 Å². The Labute approximate surface area is 183 Å². The average Bonchev–Trinajstić information content (AvgIpc) is 3.10. The number of methoxy groups -OCH3 is 1. The smallest absolute Gasteiger partial charge is 0.227 e. The molecule has 4 heterocycles. The highest BCUT2D eigenvalue weighted by atomic mass is 16.5. The van der Waals surface area contributed by atoms with E-state index in [1.54, 1.807) is 13.3 Å². The molecule has 1 fully saturated rings. The summed E-state index contributed by atoms with van der Waals surface area (Å²) in [6.07, 6.45) is 5.93. The van der Waals surface area contributed by atoms with Crippen molar-refractivity contribution < 1.29 is 4.74 Å². The van der Waals surface area contributed by atoms with Crippen LogP contribution in [0.1, 0.15) is 38.6 Å². The van der Waals surface area contributed by atoms with E-state index < -0.39 is 0 Å². The molecule has 0 radical (unpaired) electrons. The molecule has 1 aliphatic heterocycles. The quantitative estimate of drug-likeness (QED) is 0.619. The maximum absolute atomic E-state index is 5.46. The molecule has 9 heteroatoms. The minimum absolute atomic E-state index is 0.302. The molecule has 9 nitrogen and oxygen atoms in total. The second-order valence-corrected chi connectivity index (χ2v) is 8.58. The lowest BCUT2D eigenvalue weighted by Crippen LogP contribution is -2.37. The molecule has 1 saturated heterocycles. The number of imidazole rings is 1. The molecule has 0 bridgehead atoms. The molecule has 0 atom stereocenters. The van der Waals surface area contributed by atoms with E-state index in [1.807, 2.05) is 18.3 Å². The highest BCUT2D eigenvalue weighted by molar-refractivity contribution is 5.79. The molecule has 3 aromatic rings. The van der Waals surface area contributed by atoms with Crippen molar-refractivity contribution in [3.63, 3.8) is 0 Å². The first kappa shape index (κ1) is 21.5. The summed E-state index contributed by atoms with van der Waals surface area (Å²) in [5, 5.41) is 3.35. The van der Waals surface area contributed by atoms with Crippen molar-refractivity contribution in [3.8, 4) is 0 Å². The molecule has 1 aliphatic rings. The summed E-state index contributed by atoms with van der Waals surface area (Å²) in [4.78, 5) is 22.9. The molecule has 0 saturated carbocycles. The van der Waals surface area contributed by atoms with Gasteiger partial charge in [-0.3, -0.25) is 0 Å². The van der Waals surface area contributed by atoms with Gasteiger partial charge in [0.15, 0.2) is 0 Å². The standard InChI is InChI=1S/C22H32N8O/c1-15(2)30-18-12-20(24-13-17(18)25-21(30)14-28(3)4)26-19-6-9-23-22(27-19)29-10-7-16(31-5)8-11-29/h6,9,12-13,15-16H,7-8,10-11,14H2,1-5H3,(H,23,24,26,27). The Bertz CT molecular complexity index is 1020. The lowest BCUT2D eigenvalue weighted by molar-refractivity contribution is 0.0816. The van der Waals surface area contributed by atoms with Crippen LogP contribution in [0.3, 0.4) is 0 Å². The van der Waals surface area contributed by atoms with Gasteiger partial charge in [-0.2, -0.15) is 4.98 Å². The second kappa shape index (κ2) is 9.15. The van der Waals surface area contributed by atoms with Crippen molar-refractivity contribution >= 4 is 28.6 Å². The molecular weight excluding hydrogens is 392 g/mol. The molecule has 0 aromatic carbocycles. The van der Waals surface area contributed by atoms with Crippen molar-refractivity contribution in [2.45, 2.75) is 45.4 Å². The van der Waals surface area contributed by atoms with Crippen LogP contribution in [0, 0.1) is 0 Å². The Balaban J connectivity index is 1.57. The fourth-order valence-electron chi connectivity index (χ4n) is 4.08. The minimum atomic E-state index is 0.302. The van der Waals surface area contributed by atoms with E-state index in [4.69, 9.17) is 14.7 Å². The van der Waals surface area contributed by atoms with Crippen LogP contribution >= 0.6 is 0 Å². The van der Waals surface area contributed by atoms with E-state index in [0.717, 1.165) is 66.9 Å². The maximum Gasteiger partial charge on any atom is 0.227 e. The molecule has 3 aromatic heterocycles. The third-order valence-electron chi connectivity index (χ3n) is 5.58. The van der Waals surface area contributed by atoms with E-state index in [0.29, 0.717) is 12.1 Å². The summed E-state index contributed by atoms with van der Waals surface area (Å²) in [7, 11) is 5.89. The highest BCUT2D eigenvalue weighted by Gasteiger charge is 2.21. The van der Waals surface area contributed by atoms with Crippen molar-refractivity contribution in [1.82, 2.24) is 29.4 Å². The van der Waals surface area contributed by atoms with Crippen molar-refractivity contribution in [1.29, 1.82) is 0 Å². The first-order valence-electron chi connectivity index (χ1n) is 10.8. The number of nitrogens with zero attached hydrogens (tertiary/aromatic N) is 7. The van der Waals surface area contributed by atoms with Crippen LogP contribution in [-0.4, -0.2) is 69.8 Å². The Morgan fingerprint density at radius 2 is 1.94 bits per heavy atom. The zero-order valence-electron chi connectivity index (χ0n) is 19.0. The summed E-state index contributed by atoms with van der Waals surface area (Å²) in [6.45, 7) is 6.93. The van der Waals surface area contributed by atoms with Crippen molar-refractivity contribution in [3.05, 3.63) is 30.4 Å². The monoisotopic (exact) mass is 424 g/mol.